The molecule has 10 aromatic rings. The monoisotopic (exact) mass is 719 g/mol. The van der Waals surface area contributed by atoms with Gasteiger partial charge in [-0.3, -0.25) is 0 Å². The van der Waals surface area contributed by atoms with Crippen molar-refractivity contribution >= 4 is 31.5 Å². The number of nitrogens with zero attached hydrogens (tertiary/aromatic N) is 3. The standard InChI is InChI=1S/C51H33N3S/c1-4-13-34(14-5-1)37-25-29-39(30-26-37)43-21-11-22-44-47-45(23-12-24-46(47)55-48(43)44)51-53-49(40-31-27-38(28-32-40)35-15-6-2-7-16-35)52-50(54-51)42-20-10-19-41(33-42)36-17-8-3-9-18-36/h1-33H. The van der Waals surface area contributed by atoms with Crippen LogP contribution >= 0.6 is 11.3 Å². The highest BCUT2D eigenvalue weighted by Gasteiger charge is 2.19. The predicted molar refractivity (Wildman–Crippen MR) is 231 cm³/mol. The molecule has 0 saturated heterocycles. The second-order valence-electron chi connectivity index (χ2n) is 13.6. The largest absolute Gasteiger partial charge is 0.208 e. The first-order valence-electron chi connectivity index (χ1n) is 18.4. The summed E-state index contributed by atoms with van der Waals surface area (Å²) in [5.74, 6) is 1.93. The van der Waals surface area contributed by atoms with E-state index in [-0.39, 0.29) is 0 Å². The highest BCUT2D eigenvalue weighted by molar-refractivity contribution is 7.26. The first kappa shape index (κ1) is 32.6. The van der Waals surface area contributed by atoms with Crippen LogP contribution in [0.3, 0.4) is 0 Å². The fourth-order valence-electron chi connectivity index (χ4n) is 7.40. The third-order valence-electron chi connectivity index (χ3n) is 10.2. The van der Waals surface area contributed by atoms with E-state index in [9.17, 15) is 0 Å². The van der Waals surface area contributed by atoms with Crippen molar-refractivity contribution in [2.45, 2.75) is 0 Å². The van der Waals surface area contributed by atoms with Crippen LogP contribution < -0.4 is 0 Å². The molecule has 0 amide bonds. The summed E-state index contributed by atoms with van der Waals surface area (Å²) in [5, 5.41) is 2.35. The molecule has 0 atom stereocenters. The molecule has 0 aliphatic carbocycles. The zero-order valence-corrected chi connectivity index (χ0v) is 30.6. The molecule has 4 heteroatoms. The van der Waals surface area contributed by atoms with Crippen LogP contribution in [0.1, 0.15) is 0 Å². The van der Waals surface area contributed by atoms with Crippen molar-refractivity contribution < 1.29 is 0 Å². The van der Waals surface area contributed by atoms with Gasteiger partial charge < -0.3 is 0 Å². The molecule has 2 heterocycles. The van der Waals surface area contributed by atoms with E-state index in [0.29, 0.717) is 17.5 Å². The average Bonchev–Trinajstić information content (AvgIpc) is 3.67. The third kappa shape index (κ3) is 6.29. The van der Waals surface area contributed by atoms with Crippen LogP contribution in [-0.2, 0) is 0 Å². The Morgan fingerprint density at radius 3 is 1.36 bits per heavy atom. The summed E-state index contributed by atoms with van der Waals surface area (Å²) < 4.78 is 2.45. The number of rotatable bonds is 7. The second kappa shape index (κ2) is 14.1. The van der Waals surface area contributed by atoms with Crippen LogP contribution in [0.4, 0.5) is 0 Å². The number of benzene rings is 8. The fourth-order valence-corrected chi connectivity index (χ4v) is 8.66. The molecule has 0 aliphatic heterocycles. The van der Waals surface area contributed by atoms with Gasteiger partial charge in [-0.1, -0.05) is 188 Å². The van der Waals surface area contributed by atoms with Gasteiger partial charge in [0.25, 0.3) is 0 Å². The molecule has 0 spiro atoms. The van der Waals surface area contributed by atoms with Gasteiger partial charge in [0.1, 0.15) is 0 Å². The van der Waals surface area contributed by atoms with Crippen LogP contribution in [0.15, 0.2) is 200 Å². The molecule has 0 saturated carbocycles. The van der Waals surface area contributed by atoms with E-state index in [1.807, 2.05) is 23.5 Å². The topological polar surface area (TPSA) is 38.7 Å². The van der Waals surface area contributed by atoms with Gasteiger partial charge in [-0.15, -0.1) is 11.3 Å². The van der Waals surface area contributed by atoms with Gasteiger partial charge in [0.05, 0.1) is 0 Å². The van der Waals surface area contributed by atoms with Crippen molar-refractivity contribution in [2.75, 3.05) is 0 Å². The molecule has 10 rings (SSSR count). The first-order valence-corrected chi connectivity index (χ1v) is 19.3. The Labute approximate surface area is 323 Å². The van der Waals surface area contributed by atoms with Crippen LogP contribution in [0.5, 0.6) is 0 Å². The van der Waals surface area contributed by atoms with Crippen molar-refractivity contribution in [1.82, 2.24) is 15.0 Å². The lowest BCUT2D eigenvalue weighted by molar-refractivity contribution is 1.08. The predicted octanol–water partition coefficient (Wildman–Crippen LogP) is 13.9. The number of hydrogen-bond acceptors (Lipinski definition) is 4. The van der Waals surface area contributed by atoms with E-state index in [2.05, 4.69) is 188 Å². The molecule has 0 fully saturated rings. The molecule has 0 aliphatic rings. The SMILES string of the molecule is c1ccc(-c2ccc(-c3nc(-c4cccc(-c5ccccc5)c4)nc(-c4cccc5sc6c(-c7ccc(-c8ccccc8)cc7)cccc6c45)n3)cc2)cc1. The first-order chi connectivity index (χ1) is 27.2. The number of aromatic nitrogens is 3. The Hall–Kier alpha value is -7.01. The molecule has 0 unspecified atom stereocenters. The van der Waals surface area contributed by atoms with Crippen LogP contribution in [0, 0.1) is 0 Å². The summed E-state index contributed by atoms with van der Waals surface area (Å²) in [6.45, 7) is 0. The summed E-state index contributed by atoms with van der Waals surface area (Å²) in [7, 11) is 0. The number of fused-ring (bicyclic) bond motifs is 3. The highest BCUT2D eigenvalue weighted by Crippen LogP contribution is 2.44. The van der Waals surface area contributed by atoms with Crippen molar-refractivity contribution in [1.29, 1.82) is 0 Å². The lowest BCUT2D eigenvalue weighted by Crippen LogP contribution is -2.00. The van der Waals surface area contributed by atoms with Crippen LogP contribution in [-0.4, -0.2) is 15.0 Å². The van der Waals surface area contributed by atoms with Crippen molar-refractivity contribution in [2.24, 2.45) is 0 Å². The van der Waals surface area contributed by atoms with E-state index in [1.54, 1.807) is 0 Å². The van der Waals surface area contributed by atoms with Gasteiger partial charge in [0, 0.05) is 36.9 Å². The quantitative estimate of drug-likeness (QED) is 0.165. The summed E-state index contributed by atoms with van der Waals surface area (Å²) in [4.78, 5) is 15.6. The maximum Gasteiger partial charge on any atom is 0.164 e. The van der Waals surface area contributed by atoms with Crippen molar-refractivity contribution in [3.8, 4) is 78.7 Å². The number of thiophene rings is 1. The van der Waals surface area contributed by atoms with E-state index >= 15 is 0 Å². The Balaban J connectivity index is 1.12. The second-order valence-corrected chi connectivity index (χ2v) is 14.7. The molecule has 0 radical (unpaired) electrons. The van der Waals surface area contributed by atoms with Gasteiger partial charge in [0.15, 0.2) is 17.5 Å². The molecule has 2 aromatic heterocycles. The minimum Gasteiger partial charge on any atom is -0.208 e. The van der Waals surface area contributed by atoms with Gasteiger partial charge in [-0.25, -0.2) is 15.0 Å². The average molecular weight is 720 g/mol. The Morgan fingerprint density at radius 1 is 0.291 bits per heavy atom. The van der Waals surface area contributed by atoms with Gasteiger partial charge in [0.2, 0.25) is 0 Å². The maximum absolute atomic E-state index is 5.24. The molecule has 55 heavy (non-hydrogen) atoms. The van der Waals surface area contributed by atoms with E-state index < -0.39 is 0 Å². The van der Waals surface area contributed by atoms with E-state index in [0.717, 1.165) is 38.8 Å². The zero-order valence-electron chi connectivity index (χ0n) is 29.8. The molecule has 0 bridgehead atoms. The fraction of sp³-hybridized carbons (Fsp3) is 0. The van der Waals surface area contributed by atoms with Crippen LogP contribution in [0.2, 0.25) is 0 Å². The smallest absolute Gasteiger partial charge is 0.164 e. The maximum atomic E-state index is 5.24. The minimum absolute atomic E-state index is 0.639. The van der Waals surface area contributed by atoms with Gasteiger partial charge in [-0.2, -0.15) is 0 Å². The lowest BCUT2D eigenvalue weighted by Gasteiger charge is -2.11. The molecular formula is C51H33N3S. The van der Waals surface area contributed by atoms with Gasteiger partial charge in [-0.05, 0) is 56.6 Å². The van der Waals surface area contributed by atoms with Crippen molar-refractivity contribution in [3.05, 3.63) is 200 Å². The molecule has 3 nitrogen and oxygen atoms in total. The summed E-state index contributed by atoms with van der Waals surface area (Å²) in [5.41, 5.74) is 12.3. The van der Waals surface area contributed by atoms with Crippen molar-refractivity contribution in [3.63, 3.8) is 0 Å². The zero-order chi connectivity index (χ0) is 36.6. The Kier molecular flexibility index (Phi) is 8.36. The Morgan fingerprint density at radius 2 is 0.727 bits per heavy atom. The number of hydrogen-bond donors (Lipinski definition) is 0. The highest BCUT2D eigenvalue weighted by atomic mass is 32.1. The molecular weight excluding hydrogens is 687 g/mol. The third-order valence-corrected chi connectivity index (χ3v) is 11.4. The lowest BCUT2D eigenvalue weighted by atomic mass is 9.98. The Bertz CT molecular complexity index is 2940. The summed E-state index contributed by atoms with van der Waals surface area (Å²) in [6, 6.07) is 70.4. The van der Waals surface area contributed by atoms with E-state index in [4.69, 9.17) is 15.0 Å². The molecule has 258 valence electrons. The summed E-state index contributed by atoms with van der Waals surface area (Å²) >= 11 is 1.82. The van der Waals surface area contributed by atoms with Gasteiger partial charge >= 0.3 is 0 Å². The van der Waals surface area contributed by atoms with E-state index in [1.165, 1.54) is 42.6 Å². The van der Waals surface area contributed by atoms with Crippen LogP contribution in [0.25, 0.3) is 98.8 Å². The molecule has 8 aromatic carbocycles. The summed E-state index contributed by atoms with van der Waals surface area (Å²) in [6.07, 6.45) is 0. The normalized spacial score (nSPS) is 11.3. The molecule has 0 N–H and O–H groups in total. The minimum atomic E-state index is 0.639.